The minimum Gasteiger partial charge on any atom is -0.476 e. The molecule has 2 aromatic rings. The third-order valence-corrected chi connectivity index (χ3v) is 2.83. The SMILES string of the molecule is O=C(O)c1nnn(Cc2ccsc2)c1C(F)F. The van der Waals surface area contributed by atoms with Gasteiger partial charge in [0.05, 0.1) is 6.54 Å². The molecule has 2 aromatic heterocycles. The molecule has 0 radical (unpaired) electrons. The average molecular weight is 259 g/mol. The second kappa shape index (κ2) is 4.58. The summed E-state index contributed by atoms with van der Waals surface area (Å²) in [7, 11) is 0. The van der Waals surface area contributed by atoms with Gasteiger partial charge >= 0.3 is 5.97 Å². The van der Waals surface area contributed by atoms with Crippen LogP contribution < -0.4 is 0 Å². The monoisotopic (exact) mass is 259 g/mol. The van der Waals surface area contributed by atoms with Gasteiger partial charge in [0.15, 0.2) is 5.69 Å². The highest BCUT2D eigenvalue weighted by molar-refractivity contribution is 7.07. The number of thiophene rings is 1. The molecule has 2 rings (SSSR count). The fourth-order valence-electron chi connectivity index (χ4n) is 1.36. The lowest BCUT2D eigenvalue weighted by molar-refractivity contribution is 0.0675. The molecule has 0 aliphatic rings. The van der Waals surface area contributed by atoms with Crippen molar-refractivity contribution in [2.75, 3.05) is 0 Å². The van der Waals surface area contributed by atoms with Crippen molar-refractivity contribution in [2.45, 2.75) is 13.0 Å². The van der Waals surface area contributed by atoms with Crippen LogP contribution in [0.1, 0.15) is 28.2 Å². The van der Waals surface area contributed by atoms with E-state index in [0.29, 0.717) is 0 Å². The average Bonchev–Trinajstić information content (AvgIpc) is 2.86. The summed E-state index contributed by atoms with van der Waals surface area (Å²) in [6, 6.07) is 1.75. The normalized spacial score (nSPS) is 11.0. The summed E-state index contributed by atoms with van der Waals surface area (Å²) in [5.41, 5.74) is -0.585. The molecule has 17 heavy (non-hydrogen) atoms. The van der Waals surface area contributed by atoms with Crippen LogP contribution in [0.25, 0.3) is 0 Å². The molecule has 90 valence electrons. The molecule has 0 atom stereocenters. The van der Waals surface area contributed by atoms with Gasteiger partial charge in [-0.3, -0.25) is 0 Å². The first-order valence-electron chi connectivity index (χ1n) is 4.55. The third-order valence-electron chi connectivity index (χ3n) is 2.10. The molecule has 0 aromatic carbocycles. The summed E-state index contributed by atoms with van der Waals surface area (Å²) in [5, 5.41) is 19.0. The van der Waals surface area contributed by atoms with E-state index in [1.165, 1.54) is 11.3 Å². The highest BCUT2D eigenvalue weighted by Crippen LogP contribution is 2.22. The first-order chi connectivity index (χ1) is 8.09. The molecular weight excluding hydrogens is 252 g/mol. The fourth-order valence-corrected chi connectivity index (χ4v) is 2.02. The second-order valence-corrected chi connectivity index (χ2v) is 4.00. The first kappa shape index (κ1) is 11.6. The molecule has 0 spiro atoms. The molecule has 0 saturated heterocycles. The van der Waals surface area contributed by atoms with E-state index in [-0.39, 0.29) is 6.54 Å². The van der Waals surface area contributed by atoms with E-state index in [0.717, 1.165) is 10.2 Å². The number of carboxylic acid groups (broad SMARTS) is 1. The lowest BCUT2D eigenvalue weighted by Crippen LogP contribution is -2.09. The molecule has 0 fully saturated rings. The highest BCUT2D eigenvalue weighted by atomic mass is 32.1. The number of aromatic carboxylic acids is 1. The van der Waals surface area contributed by atoms with Crippen LogP contribution >= 0.6 is 11.3 Å². The van der Waals surface area contributed by atoms with Crippen molar-refractivity contribution in [1.29, 1.82) is 0 Å². The summed E-state index contributed by atoms with van der Waals surface area (Å²) in [6.07, 6.45) is -2.92. The lowest BCUT2D eigenvalue weighted by atomic mass is 10.3. The Hall–Kier alpha value is -1.83. The summed E-state index contributed by atoms with van der Waals surface area (Å²) in [4.78, 5) is 10.7. The van der Waals surface area contributed by atoms with Crippen LogP contribution in [0.3, 0.4) is 0 Å². The predicted molar refractivity (Wildman–Crippen MR) is 55.4 cm³/mol. The third kappa shape index (κ3) is 2.31. The van der Waals surface area contributed by atoms with Crippen molar-refractivity contribution in [2.24, 2.45) is 0 Å². The number of alkyl halides is 2. The molecule has 0 saturated carbocycles. The number of carboxylic acids is 1. The van der Waals surface area contributed by atoms with Crippen molar-refractivity contribution in [1.82, 2.24) is 15.0 Å². The smallest absolute Gasteiger partial charge is 0.358 e. The molecular formula is C9H7F2N3O2S. The van der Waals surface area contributed by atoms with Gasteiger partial charge in [-0.15, -0.1) is 5.10 Å². The zero-order valence-electron chi connectivity index (χ0n) is 8.38. The van der Waals surface area contributed by atoms with Crippen LogP contribution in [-0.4, -0.2) is 26.1 Å². The molecule has 2 heterocycles. The zero-order valence-corrected chi connectivity index (χ0v) is 9.19. The van der Waals surface area contributed by atoms with Gasteiger partial charge in [0, 0.05) is 0 Å². The maximum Gasteiger partial charge on any atom is 0.358 e. The van der Waals surface area contributed by atoms with E-state index in [2.05, 4.69) is 10.3 Å². The van der Waals surface area contributed by atoms with Gasteiger partial charge in [-0.2, -0.15) is 11.3 Å². The number of hydrogen-bond donors (Lipinski definition) is 1. The summed E-state index contributed by atoms with van der Waals surface area (Å²) < 4.78 is 26.4. The molecule has 1 N–H and O–H groups in total. The maximum absolute atomic E-state index is 12.7. The molecule has 0 unspecified atom stereocenters. The van der Waals surface area contributed by atoms with Gasteiger partial charge in [0.25, 0.3) is 6.43 Å². The van der Waals surface area contributed by atoms with Crippen LogP contribution in [0.15, 0.2) is 16.8 Å². The van der Waals surface area contributed by atoms with Crippen LogP contribution in [0, 0.1) is 0 Å². The molecule has 0 amide bonds. The topological polar surface area (TPSA) is 68.0 Å². The minimum atomic E-state index is -2.92. The Bertz CT molecular complexity index is 524. The van der Waals surface area contributed by atoms with Crippen molar-refractivity contribution >= 4 is 17.3 Å². The van der Waals surface area contributed by atoms with Gasteiger partial charge in [-0.05, 0) is 22.4 Å². The van der Waals surface area contributed by atoms with E-state index in [4.69, 9.17) is 5.11 Å². The second-order valence-electron chi connectivity index (χ2n) is 3.22. The largest absolute Gasteiger partial charge is 0.476 e. The fraction of sp³-hybridized carbons (Fsp3) is 0.222. The minimum absolute atomic E-state index is 0.0868. The first-order valence-corrected chi connectivity index (χ1v) is 5.49. The standard InChI is InChI=1S/C9H7F2N3O2S/c10-8(11)7-6(9(15)16)12-13-14(7)3-5-1-2-17-4-5/h1-2,4,8H,3H2,(H,15,16). The van der Waals surface area contributed by atoms with Crippen molar-refractivity contribution in [3.8, 4) is 0 Å². The Morgan fingerprint density at radius 3 is 2.88 bits per heavy atom. The molecule has 5 nitrogen and oxygen atoms in total. The van der Waals surface area contributed by atoms with Gasteiger partial charge in [0.1, 0.15) is 5.69 Å². The summed E-state index contributed by atoms with van der Waals surface area (Å²) in [5.74, 6) is -1.50. The molecule has 0 aliphatic heterocycles. The Labute approximate surface area is 98.3 Å². The Balaban J connectivity index is 2.37. The molecule has 0 bridgehead atoms. The Kier molecular flexibility index (Phi) is 3.14. The van der Waals surface area contributed by atoms with Crippen LogP contribution in [0.2, 0.25) is 0 Å². The van der Waals surface area contributed by atoms with Crippen LogP contribution in [0.4, 0.5) is 8.78 Å². The number of halogens is 2. The van der Waals surface area contributed by atoms with E-state index >= 15 is 0 Å². The number of nitrogens with zero attached hydrogens (tertiary/aromatic N) is 3. The molecule has 0 aliphatic carbocycles. The van der Waals surface area contributed by atoms with E-state index < -0.39 is 23.8 Å². The summed E-state index contributed by atoms with van der Waals surface area (Å²) in [6.45, 7) is 0.0868. The molecule has 8 heteroatoms. The lowest BCUT2D eigenvalue weighted by Gasteiger charge is -2.04. The number of carbonyl (C=O) groups is 1. The maximum atomic E-state index is 12.7. The number of rotatable bonds is 4. The van der Waals surface area contributed by atoms with Crippen molar-refractivity contribution in [3.05, 3.63) is 33.8 Å². The Morgan fingerprint density at radius 2 is 2.35 bits per heavy atom. The Morgan fingerprint density at radius 1 is 1.59 bits per heavy atom. The quantitative estimate of drug-likeness (QED) is 0.912. The van der Waals surface area contributed by atoms with Crippen molar-refractivity contribution < 1.29 is 18.7 Å². The van der Waals surface area contributed by atoms with Gasteiger partial charge < -0.3 is 5.11 Å². The van der Waals surface area contributed by atoms with Gasteiger partial charge in [-0.1, -0.05) is 5.21 Å². The van der Waals surface area contributed by atoms with Gasteiger partial charge in [0.2, 0.25) is 0 Å². The van der Waals surface area contributed by atoms with Crippen LogP contribution in [-0.2, 0) is 6.54 Å². The zero-order chi connectivity index (χ0) is 12.4. The number of aromatic nitrogens is 3. The number of hydrogen-bond acceptors (Lipinski definition) is 4. The predicted octanol–water partition coefficient (Wildman–Crippen LogP) is 2.02. The van der Waals surface area contributed by atoms with E-state index in [9.17, 15) is 13.6 Å². The highest BCUT2D eigenvalue weighted by Gasteiger charge is 2.26. The summed E-state index contributed by atoms with van der Waals surface area (Å²) >= 11 is 1.42. The van der Waals surface area contributed by atoms with Crippen molar-refractivity contribution in [3.63, 3.8) is 0 Å². The van der Waals surface area contributed by atoms with Crippen LogP contribution in [0.5, 0.6) is 0 Å². The van der Waals surface area contributed by atoms with E-state index in [1.54, 1.807) is 16.8 Å². The van der Waals surface area contributed by atoms with E-state index in [1.807, 2.05) is 0 Å². The van der Waals surface area contributed by atoms with Gasteiger partial charge in [-0.25, -0.2) is 18.3 Å².